The Labute approximate surface area is 198 Å². The van der Waals surface area contributed by atoms with Gasteiger partial charge in [0.05, 0.1) is 4.90 Å². The molecule has 0 aliphatic carbocycles. The average Bonchev–Trinajstić information content (AvgIpc) is 2.67. The molecule has 0 aromatic heterocycles. The molecular formula is C23H31NaO4S. The van der Waals surface area contributed by atoms with Gasteiger partial charge in [0.1, 0.15) is 21.6 Å². The topological polar surface area (TPSA) is 66.4 Å². The Morgan fingerprint density at radius 1 is 0.793 bits per heavy atom. The number of unbranched alkanes of at least 4 members (excludes halogenated alkanes) is 8. The first kappa shape index (κ1) is 26.2. The Bertz CT molecular complexity index is 804. The molecule has 0 bridgehead atoms. The van der Waals surface area contributed by atoms with Crippen molar-refractivity contribution in [3.63, 3.8) is 0 Å². The molecule has 29 heavy (non-hydrogen) atoms. The van der Waals surface area contributed by atoms with Crippen molar-refractivity contribution < 1.29 is 47.3 Å². The van der Waals surface area contributed by atoms with E-state index in [1.54, 1.807) is 6.07 Å². The average molecular weight is 427 g/mol. The quantitative estimate of drug-likeness (QED) is 0.279. The molecule has 0 radical (unpaired) electrons. The van der Waals surface area contributed by atoms with Crippen LogP contribution in [0.4, 0.5) is 0 Å². The fraction of sp³-hybridized carbons (Fsp3) is 0.478. The number of aryl methyl sites for hydroxylation is 1. The minimum absolute atomic E-state index is 0. The molecule has 0 unspecified atom stereocenters. The summed E-state index contributed by atoms with van der Waals surface area (Å²) in [4.78, 5) is -0.339. The second kappa shape index (κ2) is 14.2. The second-order valence-electron chi connectivity index (χ2n) is 7.23. The van der Waals surface area contributed by atoms with Crippen LogP contribution < -0.4 is 34.3 Å². The summed E-state index contributed by atoms with van der Waals surface area (Å²) >= 11 is 0. The van der Waals surface area contributed by atoms with Crippen LogP contribution in [0.25, 0.3) is 0 Å². The molecule has 0 saturated heterocycles. The zero-order chi connectivity index (χ0) is 20.2. The van der Waals surface area contributed by atoms with Crippen LogP contribution in [0.15, 0.2) is 53.4 Å². The molecular weight excluding hydrogens is 395 g/mol. The van der Waals surface area contributed by atoms with Gasteiger partial charge in [-0.3, -0.25) is 0 Å². The van der Waals surface area contributed by atoms with Gasteiger partial charge in [0.2, 0.25) is 0 Å². The Hall–Kier alpha value is -0.850. The summed E-state index contributed by atoms with van der Waals surface area (Å²) in [5, 5.41) is 0. The molecule has 0 aliphatic heterocycles. The van der Waals surface area contributed by atoms with Gasteiger partial charge >= 0.3 is 29.6 Å². The van der Waals surface area contributed by atoms with E-state index < -0.39 is 10.1 Å². The number of hydrogen-bond donors (Lipinski definition) is 0. The first-order valence-corrected chi connectivity index (χ1v) is 11.7. The number of hydrogen-bond acceptors (Lipinski definition) is 4. The van der Waals surface area contributed by atoms with Gasteiger partial charge in [0.25, 0.3) is 0 Å². The van der Waals surface area contributed by atoms with Gasteiger partial charge in [-0.05, 0) is 42.7 Å². The van der Waals surface area contributed by atoms with Crippen molar-refractivity contribution >= 4 is 10.1 Å². The first-order valence-electron chi connectivity index (χ1n) is 10.3. The van der Waals surface area contributed by atoms with Crippen LogP contribution in [0.2, 0.25) is 0 Å². The van der Waals surface area contributed by atoms with E-state index in [-0.39, 0.29) is 40.2 Å². The van der Waals surface area contributed by atoms with E-state index in [0.717, 1.165) is 6.42 Å². The number of rotatable bonds is 13. The molecule has 0 spiro atoms. The number of ether oxygens (including phenoxy) is 1. The van der Waals surface area contributed by atoms with E-state index in [1.807, 2.05) is 24.3 Å². The molecule has 0 amide bonds. The van der Waals surface area contributed by atoms with Gasteiger partial charge < -0.3 is 9.29 Å². The summed E-state index contributed by atoms with van der Waals surface area (Å²) in [5.41, 5.74) is 1.24. The van der Waals surface area contributed by atoms with E-state index in [1.165, 1.54) is 81.5 Å². The molecule has 0 atom stereocenters. The van der Waals surface area contributed by atoms with Crippen molar-refractivity contribution in [2.24, 2.45) is 0 Å². The molecule has 2 rings (SSSR count). The minimum Gasteiger partial charge on any atom is -0.744 e. The molecule has 0 N–H and O–H groups in total. The Morgan fingerprint density at radius 2 is 1.34 bits per heavy atom. The summed E-state index contributed by atoms with van der Waals surface area (Å²) in [6.45, 7) is 2.24. The van der Waals surface area contributed by atoms with Gasteiger partial charge in [-0.15, -0.1) is 0 Å². The van der Waals surface area contributed by atoms with Crippen molar-refractivity contribution in [3.05, 3.63) is 54.1 Å². The van der Waals surface area contributed by atoms with Crippen molar-refractivity contribution in [3.8, 4) is 11.5 Å². The van der Waals surface area contributed by atoms with Crippen molar-refractivity contribution in [2.45, 2.75) is 76.0 Å². The van der Waals surface area contributed by atoms with Crippen LogP contribution in [-0.2, 0) is 16.5 Å². The number of para-hydroxylation sites is 1. The largest absolute Gasteiger partial charge is 1.00 e. The van der Waals surface area contributed by atoms with Crippen molar-refractivity contribution in [2.75, 3.05) is 0 Å². The Kier molecular flexibility index (Phi) is 12.8. The van der Waals surface area contributed by atoms with Gasteiger partial charge in [-0.25, -0.2) is 8.42 Å². The molecule has 0 aliphatic rings. The number of benzene rings is 2. The van der Waals surface area contributed by atoms with Crippen LogP contribution in [0.5, 0.6) is 11.5 Å². The van der Waals surface area contributed by atoms with E-state index >= 15 is 0 Å². The van der Waals surface area contributed by atoms with E-state index in [9.17, 15) is 13.0 Å². The molecule has 2 aromatic rings. The molecule has 154 valence electrons. The maximum Gasteiger partial charge on any atom is 1.00 e. The molecule has 0 heterocycles. The van der Waals surface area contributed by atoms with Crippen molar-refractivity contribution in [1.29, 1.82) is 0 Å². The molecule has 2 aromatic carbocycles. The molecule has 4 nitrogen and oxygen atoms in total. The van der Waals surface area contributed by atoms with E-state index in [4.69, 9.17) is 4.74 Å². The van der Waals surface area contributed by atoms with Crippen LogP contribution in [-0.4, -0.2) is 13.0 Å². The maximum absolute atomic E-state index is 11.3. The molecule has 0 fully saturated rings. The fourth-order valence-electron chi connectivity index (χ4n) is 3.23. The third-order valence-electron chi connectivity index (χ3n) is 4.84. The zero-order valence-electron chi connectivity index (χ0n) is 17.7. The van der Waals surface area contributed by atoms with Crippen molar-refractivity contribution in [1.82, 2.24) is 0 Å². The first-order chi connectivity index (χ1) is 13.5. The SMILES string of the molecule is CCCCCCCCCCCc1ccc(Oc2ccccc2S(=O)(=O)[O-])cc1.[Na+]. The predicted molar refractivity (Wildman–Crippen MR) is 112 cm³/mol. The van der Waals surface area contributed by atoms with Crippen LogP contribution >= 0.6 is 0 Å². The monoisotopic (exact) mass is 426 g/mol. The summed E-state index contributed by atoms with van der Waals surface area (Å²) in [6, 6.07) is 13.5. The minimum atomic E-state index is -4.56. The summed E-state index contributed by atoms with van der Waals surface area (Å²) in [5.74, 6) is 0.580. The third-order valence-corrected chi connectivity index (χ3v) is 5.71. The van der Waals surface area contributed by atoms with E-state index in [2.05, 4.69) is 6.92 Å². The molecule has 0 saturated carbocycles. The van der Waals surface area contributed by atoms with Crippen LogP contribution in [0.3, 0.4) is 0 Å². The summed E-state index contributed by atoms with van der Waals surface area (Å²) in [7, 11) is -4.56. The Balaban J connectivity index is 0.00000420. The summed E-state index contributed by atoms with van der Waals surface area (Å²) < 4.78 is 39.6. The van der Waals surface area contributed by atoms with E-state index in [0.29, 0.717) is 5.75 Å². The maximum atomic E-state index is 11.3. The zero-order valence-corrected chi connectivity index (χ0v) is 20.5. The normalized spacial score (nSPS) is 11.1. The van der Waals surface area contributed by atoms with Gasteiger partial charge in [-0.2, -0.15) is 0 Å². The smallest absolute Gasteiger partial charge is 0.744 e. The predicted octanol–water partition coefficient (Wildman–Crippen LogP) is 3.46. The van der Waals surface area contributed by atoms with Gasteiger partial charge in [0, 0.05) is 0 Å². The fourth-order valence-corrected chi connectivity index (χ4v) is 3.83. The van der Waals surface area contributed by atoms with Gasteiger partial charge in [-0.1, -0.05) is 82.6 Å². The van der Waals surface area contributed by atoms with Crippen LogP contribution in [0, 0.1) is 0 Å². The standard InChI is InChI=1S/C23H32O4S.Na/c1-2-3-4-5-6-7-8-9-10-13-20-16-18-21(19-17-20)27-22-14-11-12-15-23(22)28(24,25)26;/h11-12,14-19H,2-10,13H2,1H3,(H,24,25,26);/q;+1/p-1. The second-order valence-corrected chi connectivity index (χ2v) is 8.57. The van der Waals surface area contributed by atoms with Gasteiger partial charge in [0.15, 0.2) is 0 Å². The van der Waals surface area contributed by atoms with Crippen LogP contribution in [0.1, 0.15) is 70.3 Å². The Morgan fingerprint density at radius 3 is 1.93 bits per heavy atom. The third kappa shape index (κ3) is 10.1. The molecule has 6 heteroatoms. The summed E-state index contributed by atoms with van der Waals surface area (Å²) in [6.07, 6.45) is 12.8.